The van der Waals surface area contributed by atoms with E-state index in [2.05, 4.69) is 20.6 Å². The first-order valence-corrected chi connectivity index (χ1v) is 7.50. The molecule has 0 radical (unpaired) electrons. The Hall–Kier alpha value is -1.75. The molecule has 2 N–H and O–H groups in total. The summed E-state index contributed by atoms with van der Waals surface area (Å²) in [6.45, 7) is 0. The summed E-state index contributed by atoms with van der Waals surface area (Å²) in [5, 5.41) is 7.33. The van der Waals surface area contributed by atoms with Crippen molar-refractivity contribution in [2.45, 2.75) is 38.1 Å². The van der Waals surface area contributed by atoms with E-state index in [9.17, 15) is 0 Å². The number of nitrogens with zero attached hydrogens (tertiary/aromatic N) is 2. The molecule has 5 heteroatoms. The van der Waals surface area contributed by atoms with Gasteiger partial charge in [0.05, 0.1) is 11.0 Å². The minimum atomic E-state index is 0.518. The zero-order chi connectivity index (χ0) is 13.8. The smallest absolute Gasteiger partial charge is 0.170 e. The van der Waals surface area contributed by atoms with Gasteiger partial charge in [-0.1, -0.05) is 19.3 Å². The van der Waals surface area contributed by atoms with E-state index in [1.165, 1.54) is 32.1 Å². The molecule has 0 unspecified atom stereocenters. The Morgan fingerprint density at radius 3 is 2.60 bits per heavy atom. The minimum absolute atomic E-state index is 0.518. The van der Waals surface area contributed by atoms with Crippen LogP contribution in [0.3, 0.4) is 0 Å². The largest absolute Gasteiger partial charge is 0.360 e. The number of hydrogen-bond donors (Lipinski definition) is 2. The zero-order valence-electron chi connectivity index (χ0n) is 11.3. The maximum absolute atomic E-state index is 5.38. The minimum Gasteiger partial charge on any atom is -0.360 e. The molecule has 1 heterocycles. The molecule has 0 aliphatic heterocycles. The quantitative estimate of drug-likeness (QED) is 0.830. The van der Waals surface area contributed by atoms with Crippen molar-refractivity contribution in [2.75, 3.05) is 5.32 Å². The number of benzene rings is 1. The van der Waals surface area contributed by atoms with E-state index in [4.69, 9.17) is 12.2 Å². The average molecular weight is 286 g/mol. The van der Waals surface area contributed by atoms with Gasteiger partial charge in [-0.3, -0.25) is 9.97 Å². The molecule has 1 aliphatic carbocycles. The van der Waals surface area contributed by atoms with Crippen molar-refractivity contribution in [1.29, 1.82) is 0 Å². The third-order valence-corrected chi connectivity index (χ3v) is 3.89. The molecule has 104 valence electrons. The summed E-state index contributed by atoms with van der Waals surface area (Å²) in [6, 6.07) is 6.42. The highest BCUT2D eigenvalue weighted by Gasteiger charge is 2.13. The molecule has 1 saturated carbocycles. The summed E-state index contributed by atoms with van der Waals surface area (Å²) in [4.78, 5) is 8.55. The number of thiocarbonyl (C=S) groups is 1. The van der Waals surface area contributed by atoms with Crippen LogP contribution in [0.25, 0.3) is 11.0 Å². The number of aromatic nitrogens is 2. The molecule has 1 aromatic carbocycles. The Labute approximate surface area is 124 Å². The Morgan fingerprint density at radius 2 is 1.80 bits per heavy atom. The molecule has 3 rings (SSSR count). The summed E-state index contributed by atoms with van der Waals surface area (Å²) in [6.07, 6.45) is 9.77. The number of fused-ring (bicyclic) bond motifs is 1. The Balaban J connectivity index is 1.64. The molecule has 4 nitrogen and oxygen atoms in total. The van der Waals surface area contributed by atoms with Crippen LogP contribution in [-0.4, -0.2) is 21.1 Å². The monoisotopic (exact) mass is 286 g/mol. The topological polar surface area (TPSA) is 49.8 Å². The van der Waals surface area contributed by atoms with Crippen molar-refractivity contribution < 1.29 is 0 Å². The van der Waals surface area contributed by atoms with Crippen LogP contribution in [0.5, 0.6) is 0 Å². The van der Waals surface area contributed by atoms with Crippen molar-refractivity contribution in [2.24, 2.45) is 0 Å². The van der Waals surface area contributed by atoms with Crippen LogP contribution >= 0.6 is 12.2 Å². The molecule has 0 bridgehead atoms. The number of hydrogen-bond acceptors (Lipinski definition) is 3. The van der Waals surface area contributed by atoms with Crippen LogP contribution in [-0.2, 0) is 0 Å². The van der Waals surface area contributed by atoms with Crippen molar-refractivity contribution >= 4 is 34.1 Å². The van der Waals surface area contributed by atoms with E-state index in [0.717, 1.165) is 16.7 Å². The molecule has 0 amide bonds. The average Bonchev–Trinajstić information content (AvgIpc) is 2.48. The zero-order valence-corrected chi connectivity index (χ0v) is 12.1. The van der Waals surface area contributed by atoms with E-state index in [-0.39, 0.29) is 0 Å². The summed E-state index contributed by atoms with van der Waals surface area (Å²) in [5.74, 6) is 0. The molecule has 1 aliphatic rings. The van der Waals surface area contributed by atoms with Crippen LogP contribution in [0.4, 0.5) is 5.69 Å². The number of rotatable bonds is 2. The third-order valence-electron chi connectivity index (χ3n) is 3.67. The van der Waals surface area contributed by atoms with Crippen LogP contribution < -0.4 is 10.6 Å². The van der Waals surface area contributed by atoms with Gasteiger partial charge >= 0.3 is 0 Å². The van der Waals surface area contributed by atoms with Gasteiger partial charge < -0.3 is 10.6 Å². The normalized spacial score (nSPS) is 16.0. The lowest BCUT2D eigenvalue weighted by Gasteiger charge is -2.24. The van der Waals surface area contributed by atoms with Gasteiger partial charge in [-0.25, -0.2) is 0 Å². The Morgan fingerprint density at radius 1 is 1.05 bits per heavy atom. The maximum Gasteiger partial charge on any atom is 0.170 e. The van der Waals surface area contributed by atoms with E-state index < -0.39 is 0 Å². The van der Waals surface area contributed by atoms with Crippen LogP contribution in [0.1, 0.15) is 32.1 Å². The lowest BCUT2D eigenvalue weighted by Crippen LogP contribution is -2.38. The van der Waals surface area contributed by atoms with Gasteiger partial charge in [0.2, 0.25) is 0 Å². The Kier molecular flexibility index (Phi) is 4.06. The molecule has 0 atom stereocenters. The van der Waals surface area contributed by atoms with E-state index in [1.807, 2.05) is 18.2 Å². The standard InChI is InChI=1S/C15H18N4S/c20-15(18-11-4-2-1-3-5-11)19-12-6-7-13-14(10-12)17-9-8-16-13/h6-11H,1-5H2,(H2,18,19,20). The van der Waals surface area contributed by atoms with Crippen molar-refractivity contribution in [1.82, 2.24) is 15.3 Å². The van der Waals surface area contributed by atoms with E-state index >= 15 is 0 Å². The summed E-state index contributed by atoms with van der Waals surface area (Å²) in [5.41, 5.74) is 2.72. The van der Waals surface area contributed by atoms with Gasteiger partial charge in [0.25, 0.3) is 0 Å². The highest BCUT2D eigenvalue weighted by atomic mass is 32.1. The second-order valence-electron chi connectivity index (χ2n) is 5.19. The summed E-state index contributed by atoms with van der Waals surface area (Å²) in [7, 11) is 0. The predicted octanol–water partition coefficient (Wildman–Crippen LogP) is 3.25. The first-order chi connectivity index (χ1) is 9.81. The second-order valence-corrected chi connectivity index (χ2v) is 5.60. The van der Waals surface area contributed by atoms with Gasteiger partial charge in [-0.2, -0.15) is 0 Å². The fourth-order valence-corrected chi connectivity index (χ4v) is 2.93. The summed E-state index contributed by atoms with van der Waals surface area (Å²) >= 11 is 5.38. The second kappa shape index (κ2) is 6.13. The van der Waals surface area contributed by atoms with Crippen LogP contribution in [0, 0.1) is 0 Å². The first-order valence-electron chi connectivity index (χ1n) is 7.09. The van der Waals surface area contributed by atoms with Crippen molar-refractivity contribution in [3.63, 3.8) is 0 Å². The SMILES string of the molecule is S=C(Nc1ccc2nccnc2c1)NC1CCCCC1. The highest BCUT2D eigenvalue weighted by Crippen LogP contribution is 2.18. The molecule has 20 heavy (non-hydrogen) atoms. The molecule has 2 aromatic rings. The van der Waals surface area contributed by atoms with Gasteiger partial charge in [-0.15, -0.1) is 0 Å². The molecule has 0 saturated heterocycles. The lowest BCUT2D eigenvalue weighted by molar-refractivity contribution is 0.415. The first kappa shape index (κ1) is 13.2. The number of anilines is 1. The van der Waals surface area contributed by atoms with Gasteiger partial charge in [0, 0.05) is 24.1 Å². The molecular formula is C15H18N4S. The van der Waals surface area contributed by atoms with Crippen molar-refractivity contribution in [3.8, 4) is 0 Å². The molecule has 1 aromatic heterocycles. The van der Waals surface area contributed by atoms with Crippen molar-refractivity contribution in [3.05, 3.63) is 30.6 Å². The third kappa shape index (κ3) is 3.22. The maximum atomic E-state index is 5.38. The molecule has 0 spiro atoms. The Bertz CT molecular complexity index is 608. The number of nitrogens with one attached hydrogen (secondary N) is 2. The van der Waals surface area contributed by atoms with Gasteiger partial charge in [0.15, 0.2) is 5.11 Å². The fourth-order valence-electron chi connectivity index (χ4n) is 2.64. The predicted molar refractivity (Wildman–Crippen MR) is 85.8 cm³/mol. The van der Waals surface area contributed by atoms with Gasteiger partial charge in [0.1, 0.15) is 0 Å². The summed E-state index contributed by atoms with van der Waals surface area (Å²) < 4.78 is 0. The van der Waals surface area contributed by atoms with E-state index in [1.54, 1.807) is 12.4 Å². The van der Waals surface area contributed by atoms with Crippen LogP contribution in [0.15, 0.2) is 30.6 Å². The van der Waals surface area contributed by atoms with Crippen LogP contribution in [0.2, 0.25) is 0 Å². The highest BCUT2D eigenvalue weighted by molar-refractivity contribution is 7.80. The van der Waals surface area contributed by atoms with E-state index in [0.29, 0.717) is 11.2 Å². The molecule has 1 fully saturated rings. The lowest BCUT2D eigenvalue weighted by atomic mass is 9.96. The molecular weight excluding hydrogens is 268 g/mol. The van der Waals surface area contributed by atoms with Gasteiger partial charge in [-0.05, 0) is 43.3 Å². The fraction of sp³-hybridized carbons (Fsp3) is 0.400.